The molecule has 5 nitrogen and oxygen atoms in total. The Balaban J connectivity index is 3.20. The number of carboxylic acids is 1. The Morgan fingerprint density at radius 3 is 2.67 bits per heavy atom. The summed E-state index contributed by atoms with van der Waals surface area (Å²) in [6, 6.07) is 0. The average molecular weight is 211 g/mol. The molecule has 0 fully saturated rings. The van der Waals surface area contributed by atoms with Crippen LogP contribution in [0.2, 0.25) is 0 Å². The van der Waals surface area contributed by atoms with Crippen molar-refractivity contribution in [2.75, 3.05) is 18.5 Å². The maximum absolute atomic E-state index is 11.1. The van der Waals surface area contributed by atoms with E-state index in [4.69, 9.17) is 5.11 Å². The third kappa shape index (κ3) is 2.11. The minimum Gasteiger partial charge on any atom is -0.477 e. The largest absolute Gasteiger partial charge is 0.477 e. The van der Waals surface area contributed by atoms with Gasteiger partial charge in [0.25, 0.3) is 0 Å². The minimum atomic E-state index is -0.918. The predicted octanol–water partition coefficient (Wildman–Crippen LogP) is 1.27. The first kappa shape index (κ1) is 11.6. The van der Waals surface area contributed by atoms with Crippen molar-refractivity contribution < 1.29 is 9.90 Å². The van der Waals surface area contributed by atoms with E-state index in [1.54, 1.807) is 18.7 Å². The van der Waals surface area contributed by atoms with Crippen molar-refractivity contribution >= 4 is 11.8 Å². The van der Waals surface area contributed by atoms with Crippen LogP contribution in [0.25, 0.3) is 0 Å². The summed E-state index contributed by atoms with van der Waals surface area (Å²) < 4.78 is 1.62. The van der Waals surface area contributed by atoms with E-state index in [1.165, 1.54) is 0 Å². The van der Waals surface area contributed by atoms with Gasteiger partial charge in [-0.15, -0.1) is 0 Å². The van der Waals surface area contributed by atoms with Crippen LogP contribution in [-0.4, -0.2) is 34.4 Å². The molecule has 1 heterocycles. The first-order valence-electron chi connectivity index (χ1n) is 4.97. The van der Waals surface area contributed by atoms with Crippen LogP contribution in [0.5, 0.6) is 0 Å². The molecular formula is C10H17N3O2. The van der Waals surface area contributed by atoms with Gasteiger partial charge >= 0.3 is 5.97 Å². The summed E-state index contributed by atoms with van der Waals surface area (Å²) >= 11 is 0. The Kier molecular flexibility index (Phi) is 3.34. The topological polar surface area (TPSA) is 58.4 Å². The van der Waals surface area contributed by atoms with Gasteiger partial charge < -0.3 is 10.0 Å². The van der Waals surface area contributed by atoms with E-state index >= 15 is 0 Å². The van der Waals surface area contributed by atoms with Crippen molar-refractivity contribution in [3.63, 3.8) is 0 Å². The van der Waals surface area contributed by atoms with Crippen LogP contribution in [0.3, 0.4) is 0 Å². The molecule has 1 rings (SSSR count). The highest BCUT2D eigenvalue weighted by molar-refractivity contribution is 5.94. The lowest BCUT2D eigenvalue weighted by atomic mass is 10.2. The molecular weight excluding hydrogens is 194 g/mol. The number of hydrogen-bond donors (Lipinski definition) is 1. The molecule has 0 unspecified atom stereocenters. The molecule has 0 atom stereocenters. The van der Waals surface area contributed by atoms with Gasteiger partial charge in [-0.2, -0.15) is 5.10 Å². The summed E-state index contributed by atoms with van der Waals surface area (Å²) in [6.07, 6.45) is 0.972. The average Bonchev–Trinajstić information content (AvgIpc) is 2.41. The highest BCUT2D eigenvalue weighted by atomic mass is 16.4. The molecule has 1 N–H and O–H groups in total. The van der Waals surface area contributed by atoms with E-state index in [2.05, 4.69) is 12.0 Å². The zero-order chi connectivity index (χ0) is 11.6. The lowest BCUT2D eigenvalue weighted by Crippen LogP contribution is -2.22. The monoisotopic (exact) mass is 211 g/mol. The second-order valence-corrected chi connectivity index (χ2v) is 3.63. The fourth-order valence-electron chi connectivity index (χ4n) is 1.78. The van der Waals surface area contributed by atoms with Crippen LogP contribution < -0.4 is 4.90 Å². The molecule has 0 aliphatic heterocycles. The summed E-state index contributed by atoms with van der Waals surface area (Å²) in [5.74, 6) is -0.250. The number of aromatic carboxylic acids is 1. The Morgan fingerprint density at radius 1 is 1.60 bits per heavy atom. The van der Waals surface area contributed by atoms with Crippen LogP contribution >= 0.6 is 0 Å². The predicted molar refractivity (Wildman–Crippen MR) is 58.5 cm³/mol. The van der Waals surface area contributed by atoms with Crippen molar-refractivity contribution in [2.45, 2.75) is 20.3 Å². The molecule has 0 amide bonds. The number of aromatic nitrogens is 2. The van der Waals surface area contributed by atoms with E-state index < -0.39 is 5.97 Å². The maximum atomic E-state index is 11.1. The summed E-state index contributed by atoms with van der Waals surface area (Å²) in [6.45, 7) is 4.59. The molecule has 0 bridgehead atoms. The van der Waals surface area contributed by atoms with E-state index in [9.17, 15) is 4.79 Å². The van der Waals surface area contributed by atoms with Gasteiger partial charge in [0.1, 0.15) is 11.4 Å². The van der Waals surface area contributed by atoms with Crippen molar-refractivity contribution in [3.05, 3.63) is 11.3 Å². The zero-order valence-corrected chi connectivity index (χ0v) is 9.61. The molecule has 0 saturated heterocycles. The first-order chi connectivity index (χ1) is 6.99. The van der Waals surface area contributed by atoms with E-state index in [0.717, 1.165) is 13.0 Å². The molecule has 0 radical (unpaired) electrons. The third-order valence-corrected chi connectivity index (χ3v) is 2.33. The van der Waals surface area contributed by atoms with Gasteiger partial charge in [-0.25, -0.2) is 4.79 Å². The number of nitrogens with zero attached hydrogens (tertiary/aromatic N) is 3. The Morgan fingerprint density at radius 2 is 2.20 bits per heavy atom. The molecule has 5 heteroatoms. The first-order valence-corrected chi connectivity index (χ1v) is 4.97. The van der Waals surface area contributed by atoms with E-state index in [0.29, 0.717) is 17.1 Å². The van der Waals surface area contributed by atoms with Crippen LogP contribution in [-0.2, 0) is 7.05 Å². The molecule has 15 heavy (non-hydrogen) atoms. The summed E-state index contributed by atoms with van der Waals surface area (Å²) in [4.78, 5) is 13.0. The van der Waals surface area contributed by atoms with Gasteiger partial charge in [0.2, 0.25) is 0 Å². The van der Waals surface area contributed by atoms with Gasteiger partial charge in [-0.3, -0.25) is 4.68 Å². The molecule has 0 spiro atoms. The van der Waals surface area contributed by atoms with Crippen molar-refractivity contribution in [1.29, 1.82) is 0 Å². The lowest BCUT2D eigenvalue weighted by molar-refractivity contribution is 0.0696. The normalized spacial score (nSPS) is 10.4. The van der Waals surface area contributed by atoms with Crippen LogP contribution in [0, 0.1) is 6.92 Å². The number of carboxylic acid groups (broad SMARTS) is 1. The fraction of sp³-hybridized carbons (Fsp3) is 0.600. The Bertz CT molecular complexity index is 371. The number of hydrogen-bond acceptors (Lipinski definition) is 3. The molecule has 0 aliphatic carbocycles. The number of carbonyl (C=O) groups is 1. The molecule has 0 aromatic carbocycles. The summed E-state index contributed by atoms with van der Waals surface area (Å²) in [5, 5.41) is 13.2. The Labute approximate surface area is 89.3 Å². The Hall–Kier alpha value is -1.52. The highest BCUT2D eigenvalue weighted by Crippen LogP contribution is 2.22. The van der Waals surface area contributed by atoms with Gasteiger partial charge in [-0.05, 0) is 13.3 Å². The maximum Gasteiger partial charge on any atom is 0.341 e. The third-order valence-electron chi connectivity index (χ3n) is 2.33. The summed E-state index contributed by atoms with van der Waals surface area (Å²) in [5.41, 5.74) is 0.858. The zero-order valence-electron chi connectivity index (χ0n) is 9.61. The second-order valence-electron chi connectivity index (χ2n) is 3.63. The minimum absolute atomic E-state index is 0.299. The van der Waals surface area contributed by atoms with Crippen LogP contribution in [0.15, 0.2) is 0 Å². The number of anilines is 1. The van der Waals surface area contributed by atoms with Crippen molar-refractivity contribution in [3.8, 4) is 0 Å². The van der Waals surface area contributed by atoms with Crippen molar-refractivity contribution in [1.82, 2.24) is 9.78 Å². The molecule has 1 aromatic rings. The molecule has 1 aromatic heterocycles. The van der Waals surface area contributed by atoms with E-state index in [-0.39, 0.29) is 0 Å². The smallest absolute Gasteiger partial charge is 0.341 e. The van der Waals surface area contributed by atoms with Crippen LogP contribution in [0.4, 0.5) is 5.82 Å². The number of aryl methyl sites for hydroxylation is 2. The van der Waals surface area contributed by atoms with Gasteiger partial charge in [0, 0.05) is 20.6 Å². The summed E-state index contributed by atoms with van der Waals surface area (Å²) in [7, 11) is 3.65. The van der Waals surface area contributed by atoms with Crippen LogP contribution in [0.1, 0.15) is 29.4 Å². The molecule has 0 saturated carbocycles. The fourth-order valence-corrected chi connectivity index (χ4v) is 1.78. The molecule has 84 valence electrons. The SMILES string of the molecule is CCCN(C)c1c(C(=O)O)c(C)nn1C. The van der Waals surface area contributed by atoms with Crippen molar-refractivity contribution in [2.24, 2.45) is 7.05 Å². The lowest BCUT2D eigenvalue weighted by Gasteiger charge is -2.18. The number of rotatable bonds is 4. The van der Waals surface area contributed by atoms with Gasteiger partial charge in [0.05, 0.1) is 5.69 Å². The van der Waals surface area contributed by atoms with Gasteiger partial charge in [-0.1, -0.05) is 6.92 Å². The van der Waals surface area contributed by atoms with E-state index in [1.807, 2.05) is 11.9 Å². The standard InChI is InChI=1S/C10H17N3O2/c1-5-6-12(3)9-8(10(14)15)7(2)11-13(9)4/h5-6H2,1-4H3,(H,14,15). The molecule has 0 aliphatic rings. The second kappa shape index (κ2) is 4.33. The van der Waals surface area contributed by atoms with Gasteiger partial charge in [0.15, 0.2) is 0 Å². The quantitative estimate of drug-likeness (QED) is 0.814. The highest BCUT2D eigenvalue weighted by Gasteiger charge is 2.21.